The van der Waals surface area contributed by atoms with Gasteiger partial charge >= 0.3 is 0 Å². The molecule has 0 unspecified atom stereocenters. The third kappa shape index (κ3) is 4.92. The minimum absolute atomic E-state index is 0.313. The summed E-state index contributed by atoms with van der Waals surface area (Å²) in [5.74, 6) is 1.61. The van der Waals surface area contributed by atoms with Crippen molar-refractivity contribution in [2.75, 3.05) is 7.11 Å². The van der Waals surface area contributed by atoms with Crippen molar-refractivity contribution in [1.82, 2.24) is 5.43 Å². The van der Waals surface area contributed by atoms with Crippen LogP contribution in [0.3, 0.4) is 0 Å². The Hall–Kier alpha value is -3.25. The van der Waals surface area contributed by atoms with E-state index in [1.807, 2.05) is 18.2 Å². The molecule has 0 saturated carbocycles. The van der Waals surface area contributed by atoms with Crippen molar-refractivity contribution in [3.8, 4) is 11.5 Å². The van der Waals surface area contributed by atoms with E-state index < -0.39 is 0 Å². The van der Waals surface area contributed by atoms with Crippen LogP contribution in [0.1, 0.15) is 27.2 Å². The molecule has 3 rings (SSSR count). The number of halogens is 1. The Labute approximate surface area is 167 Å². The van der Waals surface area contributed by atoms with Gasteiger partial charge in [-0.15, -0.1) is 0 Å². The van der Waals surface area contributed by atoms with Crippen molar-refractivity contribution in [2.24, 2.45) is 5.10 Å². The molecule has 3 aromatic rings. The van der Waals surface area contributed by atoms with E-state index in [2.05, 4.69) is 10.5 Å². The van der Waals surface area contributed by atoms with Crippen LogP contribution in [0.5, 0.6) is 11.5 Å². The van der Waals surface area contributed by atoms with Crippen LogP contribution < -0.4 is 14.9 Å². The number of nitrogens with zero attached hydrogens (tertiary/aromatic N) is 1. The molecular weight excluding hydrogens is 380 g/mol. The predicted molar refractivity (Wildman–Crippen MR) is 107 cm³/mol. The molecule has 6 nitrogen and oxygen atoms in total. The Balaban J connectivity index is 1.66. The van der Waals surface area contributed by atoms with Crippen LogP contribution in [0.2, 0.25) is 5.02 Å². The van der Waals surface area contributed by atoms with Crippen LogP contribution >= 0.6 is 11.6 Å². The zero-order valence-electron chi connectivity index (χ0n) is 15.4. The van der Waals surface area contributed by atoms with E-state index in [1.54, 1.807) is 50.6 Å². The van der Waals surface area contributed by atoms with Gasteiger partial charge in [-0.05, 0) is 61.0 Å². The molecule has 0 radical (unpaired) electrons. The first-order chi connectivity index (χ1) is 13.6. The first-order valence-electron chi connectivity index (χ1n) is 8.49. The van der Waals surface area contributed by atoms with Crippen LogP contribution in [0.4, 0.5) is 0 Å². The Morgan fingerprint density at radius 2 is 2.00 bits per heavy atom. The predicted octanol–water partition coefficient (Wildman–Crippen LogP) is 4.59. The fourth-order valence-corrected chi connectivity index (χ4v) is 2.66. The molecule has 144 valence electrons. The average molecular weight is 399 g/mol. The van der Waals surface area contributed by atoms with Gasteiger partial charge in [0.05, 0.1) is 25.2 Å². The number of hydrogen-bond donors (Lipinski definition) is 1. The van der Waals surface area contributed by atoms with Crippen molar-refractivity contribution >= 4 is 23.7 Å². The number of amides is 1. The summed E-state index contributed by atoms with van der Waals surface area (Å²) < 4.78 is 16.3. The second kappa shape index (κ2) is 9.10. The fraction of sp³-hybridized carbons (Fsp3) is 0.143. The standard InChI is InChI=1S/C21H19ClN2O4/c1-14-19(9-10-27-14)21(25)24-23-12-15-3-8-20(26-2)16(11-15)13-28-18-6-4-17(22)5-7-18/h3-12H,13H2,1-2H3,(H,24,25)/b23-12+. The Morgan fingerprint density at radius 3 is 2.68 bits per heavy atom. The molecule has 1 aromatic heterocycles. The number of methoxy groups -OCH3 is 1. The molecule has 1 amide bonds. The summed E-state index contributed by atoms with van der Waals surface area (Å²) in [4.78, 5) is 12.0. The van der Waals surface area contributed by atoms with Gasteiger partial charge in [-0.2, -0.15) is 5.10 Å². The molecule has 0 aliphatic heterocycles. The highest BCUT2D eigenvalue weighted by molar-refractivity contribution is 6.30. The molecule has 0 atom stereocenters. The third-order valence-corrected chi connectivity index (χ3v) is 4.25. The SMILES string of the molecule is COc1ccc(/C=N/NC(=O)c2ccoc2C)cc1COc1ccc(Cl)cc1. The molecule has 0 aliphatic carbocycles. The summed E-state index contributed by atoms with van der Waals surface area (Å²) in [7, 11) is 1.60. The number of carbonyl (C=O) groups excluding carboxylic acids is 1. The molecule has 0 spiro atoms. The molecule has 0 bridgehead atoms. The lowest BCUT2D eigenvalue weighted by atomic mass is 10.1. The van der Waals surface area contributed by atoms with Gasteiger partial charge in [-0.25, -0.2) is 5.43 Å². The van der Waals surface area contributed by atoms with Crippen molar-refractivity contribution in [3.63, 3.8) is 0 Å². The maximum Gasteiger partial charge on any atom is 0.274 e. The second-order valence-electron chi connectivity index (χ2n) is 5.90. The van der Waals surface area contributed by atoms with Crippen molar-refractivity contribution in [2.45, 2.75) is 13.5 Å². The summed E-state index contributed by atoms with van der Waals surface area (Å²) in [6, 6.07) is 14.3. The quantitative estimate of drug-likeness (QED) is 0.466. The molecule has 1 heterocycles. The average Bonchev–Trinajstić information content (AvgIpc) is 3.13. The van der Waals surface area contributed by atoms with E-state index >= 15 is 0 Å². The summed E-state index contributed by atoms with van der Waals surface area (Å²) in [5.41, 5.74) is 4.57. The van der Waals surface area contributed by atoms with E-state index in [-0.39, 0.29) is 5.91 Å². The number of carbonyl (C=O) groups is 1. The largest absolute Gasteiger partial charge is 0.496 e. The van der Waals surface area contributed by atoms with Crippen LogP contribution in [0, 0.1) is 6.92 Å². The number of hydrazone groups is 1. The number of benzene rings is 2. The van der Waals surface area contributed by atoms with E-state index in [4.69, 9.17) is 25.5 Å². The van der Waals surface area contributed by atoms with E-state index in [1.165, 1.54) is 6.26 Å². The summed E-state index contributed by atoms with van der Waals surface area (Å²) >= 11 is 5.88. The Bertz CT molecular complexity index is 980. The van der Waals surface area contributed by atoms with Gasteiger partial charge in [0, 0.05) is 10.6 Å². The summed E-state index contributed by atoms with van der Waals surface area (Å²) in [6.45, 7) is 2.03. The fourth-order valence-electron chi connectivity index (χ4n) is 2.53. The molecule has 0 aliphatic rings. The molecule has 7 heteroatoms. The summed E-state index contributed by atoms with van der Waals surface area (Å²) in [6.07, 6.45) is 3.02. The van der Waals surface area contributed by atoms with Gasteiger partial charge in [0.1, 0.15) is 23.9 Å². The number of nitrogens with one attached hydrogen (secondary N) is 1. The van der Waals surface area contributed by atoms with Gasteiger partial charge in [0.2, 0.25) is 0 Å². The molecule has 2 aromatic carbocycles. The zero-order valence-corrected chi connectivity index (χ0v) is 16.2. The smallest absolute Gasteiger partial charge is 0.274 e. The topological polar surface area (TPSA) is 73.1 Å². The number of furan rings is 1. The third-order valence-electron chi connectivity index (χ3n) is 4.00. The van der Waals surface area contributed by atoms with Gasteiger partial charge in [-0.3, -0.25) is 4.79 Å². The lowest BCUT2D eigenvalue weighted by Crippen LogP contribution is -2.17. The highest BCUT2D eigenvalue weighted by Gasteiger charge is 2.10. The lowest BCUT2D eigenvalue weighted by Gasteiger charge is -2.11. The maximum absolute atomic E-state index is 12.0. The maximum atomic E-state index is 12.0. The second-order valence-corrected chi connectivity index (χ2v) is 6.34. The minimum atomic E-state index is -0.331. The van der Waals surface area contributed by atoms with Gasteiger partial charge in [0.25, 0.3) is 5.91 Å². The first-order valence-corrected chi connectivity index (χ1v) is 8.87. The van der Waals surface area contributed by atoms with Crippen molar-refractivity contribution in [3.05, 3.63) is 82.3 Å². The number of aryl methyl sites for hydroxylation is 1. The number of hydrogen-bond acceptors (Lipinski definition) is 5. The number of rotatable bonds is 7. The normalized spacial score (nSPS) is 10.8. The number of ether oxygens (including phenoxy) is 2. The lowest BCUT2D eigenvalue weighted by molar-refractivity contribution is 0.0953. The Morgan fingerprint density at radius 1 is 1.21 bits per heavy atom. The zero-order chi connectivity index (χ0) is 19.9. The molecule has 0 fully saturated rings. The highest BCUT2D eigenvalue weighted by Crippen LogP contribution is 2.22. The van der Waals surface area contributed by atoms with Crippen LogP contribution in [0.25, 0.3) is 0 Å². The summed E-state index contributed by atoms with van der Waals surface area (Å²) in [5, 5.41) is 4.65. The van der Waals surface area contributed by atoms with Gasteiger partial charge in [-0.1, -0.05) is 11.6 Å². The molecule has 0 saturated heterocycles. The minimum Gasteiger partial charge on any atom is -0.496 e. The van der Waals surface area contributed by atoms with Crippen LogP contribution in [-0.4, -0.2) is 19.2 Å². The van der Waals surface area contributed by atoms with E-state index in [0.717, 1.165) is 11.1 Å². The van der Waals surface area contributed by atoms with Crippen molar-refractivity contribution in [1.29, 1.82) is 0 Å². The highest BCUT2D eigenvalue weighted by atomic mass is 35.5. The molecule has 28 heavy (non-hydrogen) atoms. The molecular formula is C21H19ClN2O4. The van der Waals surface area contributed by atoms with Gasteiger partial charge < -0.3 is 13.9 Å². The monoisotopic (exact) mass is 398 g/mol. The first kappa shape index (κ1) is 19.5. The van der Waals surface area contributed by atoms with Crippen LogP contribution in [-0.2, 0) is 6.61 Å². The van der Waals surface area contributed by atoms with Gasteiger partial charge in [0.15, 0.2) is 0 Å². The van der Waals surface area contributed by atoms with Crippen LogP contribution in [0.15, 0.2) is 64.3 Å². The van der Waals surface area contributed by atoms with Crippen molar-refractivity contribution < 1.29 is 18.7 Å². The van der Waals surface area contributed by atoms with E-state index in [9.17, 15) is 4.79 Å². The molecule has 1 N–H and O–H groups in total. The van der Waals surface area contributed by atoms with E-state index in [0.29, 0.717) is 34.5 Å². The Kier molecular flexibility index (Phi) is 6.34.